The lowest BCUT2D eigenvalue weighted by molar-refractivity contribution is 0.0706. The van der Waals surface area contributed by atoms with E-state index in [0.29, 0.717) is 12.1 Å². The van der Waals surface area contributed by atoms with Gasteiger partial charge in [0.25, 0.3) is 5.91 Å². The number of amides is 1. The highest BCUT2D eigenvalue weighted by molar-refractivity contribution is 9.10. The van der Waals surface area contributed by atoms with E-state index in [-0.39, 0.29) is 0 Å². The van der Waals surface area contributed by atoms with Crippen LogP contribution in [0.2, 0.25) is 0 Å². The number of carbonyl (C=O) groups excluding carboxylic acids is 1. The van der Waals surface area contributed by atoms with Gasteiger partial charge in [0.1, 0.15) is 0 Å². The lowest BCUT2D eigenvalue weighted by Crippen LogP contribution is -2.18. The standard InChI is InChI=1S/C16H13BrN2O2S/c17-12-3-6-14-11(9-22-15(14)7-12)8-18-13-4-1-10(2-5-13)16(20)19-21/h1-7,9,18,21H,8H2,(H,19,20). The van der Waals surface area contributed by atoms with Crippen molar-refractivity contribution in [3.05, 3.63) is 63.4 Å². The molecular formula is C16H13BrN2O2S. The summed E-state index contributed by atoms with van der Waals surface area (Å²) >= 11 is 5.20. The fraction of sp³-hybridized carbons (Fsp3) is 0.0625. The van der Waals surface area contributed by atoms with Gasteiger partial charge in [-0.15, -0.1) is 11.3 Å². The summed E-state index contributed by atoms with van der Waals surface area (Å²) in [4.78, 5) is 11.3. The molecule has 0 saturated carbocycles. The summed E-state index contributed by atoms with van der Waals surface area (Å²) in [6.07, 6.45) is 0. The summed E-state index contributed by atoms with van der Waals surface area (Å²) in [5.41, 5.74) is 4.20. The van der Waals surface area contributed by atoms with Crippen molar-refractivity contribution in [2.75, 3.05) is 5.32 Å². The Kier molecular flexibility index (Phi) is 4.42. The third kappa shape index (κ3) is 3.14. The van der Waals surface area contributed by atoms with Crippen LogP contribution >= 0.6 is 27.3 Å². The van der Waals surface area contributed by atoms with E-state index in [1.807, 2.05) is 18.2 Å². The Morgan fingerprint density at radius 1 is 1.18 bits per heavy atom. The van der Waals surface area contributed by atoms with Crippen molar-refractivity contribution < 1.29 is 10.0 Å². The van der Waals surface area contributed by atoms with E-state index in [0.717, 1.165) is 10.2 Å². The summed E-state index contributed by atoms with van der Waals surface area (Å²) in [6, 6.07) is 13.2. The van der Waals surface area contributed by atoms with Gasteiger partial charge < -0.3 is 5.32 Å². The van der Waals surface area contributed by atoms with E-state index >= 15 is 0 Å². The van der Waals surface area contributed by atoms with Gasteiger partial charge in [0.15, 0.2) is 0 Å². The first-order valence-corrected chi connectivity index (χ1v) is 8.28. The normalized spacial score (nSPS) is 10.6. The average molecular weight is 377 g/mol. The number of fused-ring (bicyclic) bond motifs is 1. The highest BCUT2D eigenvalue weighted by Crippen LogP contribution is 2.29. The summed E-state index contributed by atoms with van der Waals surface area (Å²) in [7, 11) is 0. The average Bonchev–Trinajstić information content (AvgIpc) is 2.94. The predicted molar refractivity (Wildman–Crippen MR) is 92.5 cm³/mol. The second-order valence-corrected chi connectivity index (χ2v) is 6.60. The number of hydrogen-bond acceptors (Lipinski definition) is 4. The van der Waals surface area contributed by atoms with Crippen LogP contribution in [0.1, 0.15) is 15.9 Å². The Morgan fingerprint density at radius 3 is 2.68 bits per heavy atom. The van der Waals surface area contributed by atoms with Crippen molar-refractivity contribution in [3.63, 3.8) is 0 Å². The molecule has 0 atom stereocenters. The predicted octanol–water partition coefficient (Wildman–Crippen LogP) is 4.39. The van der Waals surface area contributed by atoms with Crippen LogP contribution in [0.5, 0.6) is 0 Å². The summed E-state index contributed by atoms with van der Waals surface area (Å²) in [6.45, 7) is 0.715. The lowest BCUT2D eigenvalue weighted by atomic mass is 10.1. The van der Waals surface area contributed by atoms with E-state index in [9.17, 15) is 4.79 Å². The van der Waals surface area contributed by atoms with Crippen LogP contribution in [-0.4, -0.2) is 11.1 Å². The number of rotatable bonds is 4. The largest absolute Gasteiger partial charge is 0.381 e. The Labute approximate surface area is 139 Å². The molecule has 1 heterocycles. The molecule has 4 nitrogen and oxygen atoms in total. The maximum Gasteiger partial charge on any atom is 0.274 e. The molecule has 6 heteroatoms. The summed E-state index contributed by atoms with van der Waals surface area (Å²) in [5.74, 6) is -0.513. The van der Waals surface area contributed by atoms with Crippen LogP contribution in [0, 0.1) is 0 Å². The van der Waals surface area contributed by atoms with Crippen molar-refractivity contribution >= 4 is 48.9 Å². The molecule has 0 aliphatic heterocycles. The fourth-order valence-electron chi connectivity index (χ4n) is 2.20. The Hall–Kier alpha value is -1.89. The van der Waals surface area contributed by atoms with Crippen LogP contribution in [0.3, 0.4) is 0 Å². The van der Waals surface area contributed by atoms with E-state index in [4.69, 9.17) is 5.21 Å². The molecule has 0 radical (unpaired) electrons. The second-order valence-electron chi connectivity index (χ2n) is 4.77. The number of halogens is 1. The van der Waals surface area contributed by atoms with E-state index in [1.54, 1.807) is 28.9 Å². The van der Waals surface area contributed by atoms with Gasteiger partial charge in [0, 0.05) is 27.0 Å². The zero-order valence-corrected chi connectivity index (χ0v) is 13.9. The Bertz CT molecular complexity index is 815. The quantitative estimate of drug-likeness (QED) is 0.467. The van der Waals surface area contributed by atoms with Gasteiger partial charge >= 0.3 is 0 Å². The van der Waals surface area contributed by atoms with E-state index in [1.165, 1.54) is 15.6 Å². The molecule has 0 saturated heterocycles. The number of carbonyl (C=O) groups is 1. The minimum atomic E-state index is -0.513. The first-order valence-electron chi connectivity index (χ1n) is 6.61. The van der Waals surface area contributed by atoms with Gasteiger partial charge in [-0.05, 0) is 52.7 Å². The molecule has 1 amide bonds. The SMILES string of the molecule is O=C(NO)c1ccc(NCc2csc3cc(Br)ccc23)cc1. The molecule has 3 aromatic rings. The molecule has 3 N–H and O–H groups in total. The zero-order valence-electron chi connectivity index (χ0n) is 11.5. The maximum atomic E-state index is 11.3. The van der Waals surface area contributed by atoms with Gasteiger partial charge in [-0.2, -0.15) is 0 Å². The van der Waals surface area contributed by atoms with Crippen LogP contribution in [0.4, 0.5) is 5.69 Å². The van der Waals surface area contributed by atoms with E-state index in [2.05, 4.69) is 38.8 Å². The molecule has 22 heavy (non-hydrogen) atoms. The zero-order chi connectivity index (χ0) is 15.5. The Balaban J connectivity index is 1.72. The maximum absolute atomic E-state index is 11.3. The number of anilines is 1. The smallest absolute Gasteiger partial charge is 0.274 e. The first-order chi connectivity index (χ1) is 10.7. The van der Waals surface area contributed by atoms with Gasteiger partial charge in [-0.1, -0.05) is 22.0 Å². The number of hydroxylamine groups is 1. The van der Waals surface area contributed by atoms with Gasteiger partial charge in [-0.25, -0.2) is 5.48 Å². The monoisotopic (exact) mass is 376 g/mol. The minimum Gasteiger partial charge on any atom is -0.381 e. The molecular weight excluding hydrogens is 364 g/mol. The molecule has 0 spiro atoms. The second kappa shape index (κ2) is 6.48. The third-order valence-corrected chi connectivity index (χ3v) is 4.84. The molecule has 0 bridgehead atoms. The number of hydrogen-bond donors (Lipinski definition) is 3. The summed E-state index contributed by atoms with van der Waals surface area (Å²) in [5, 5.41) is 15.3. The lowest BCUT2D eigenvalue weighted by Gasteiger charge is -2.07. The molecule has 112 valence electrons. The molecule has 2 aromatic carbocycles. The summed E-state index contributed by atoms with van der Waals surface area (Å²) < 4.78 is 2.33. The molecule has 0 aliphatic carbocycles. The topological polar surface area (TPSA) is 61.4 Å². The van der Waals surface area contributed by atoms with Gasteiger partial charge in [0.2, 0.25) is 0 Å². The molecule has 0 unspecified atom stereocenters. The number of benzene rings is 2. The first kappa shape index (κ1) is 15.0. The Morgan fingerprint density at radius 2 is 1.95 bits per heavy atom. The highest BCUT2D eigenvalue weighted by Gasteiger charge is 2.06. The van der Waals surface area contributed by atoms with Crippen molar-refractivity contribution in [1.29, 1.82) is 0 Å². The number of nitrogens with one attached hydrogen (secondary N) is 2. The van der Waals surface area contributed by atoms with Crippen LogP contribution in [0.15, 0.2) is 52.3 Å². The molecule has 0 aliphatic rings. The molecule has 0 fully saturated rings. The fourth-order valence-corrected chi connectivity index (χ4v) is 3.71. The third-order valence-electron chi connectivity index (χ3n) is 3.35. The van der Waals surface area contributed by atoms with Crippen molar-refractivity contribution in [2.24, 2.45) is 0 Å². The van der Waals surface area contributed by atoms with Gasteiger partial charge in [0.05, 0.1) is 0 Å². The van der Waals surface area contributed by atoms with Crippen molar-refractivity contribution in [3.8, 4) is 0 Å². The van der Waals surface area contributed by atoms with Gasteiger partial charge in [-0.3, -0.25) is 10.0 Å². The highest BCUT2D eigenvalue weighted by atomic mass is 79.9. The van der Waals surface area contributed by atoms with E-state index < -0.39 is 5.91 Å². The van der Waals surface area contributed by atoms with Crippen LogP contribution in [0.25, 0.3) is 10.1 Å². The molecule has 1 aromatic heterocycles. The van der Waals surface area contributed by atoms with Crippen molar-refractivity contribution in [1.82, 2.24) is 5.48 Å². The van der Waals surface area contributed by atoms with Crippen LogP contribution < -0.4 is 10.8 Å². The van der Waals surface area contributed by atoms with Crippen LogP contribution in [-0.2, 0) is 6.54 Å². The minimum absolute atomic E-state index is 0.416. The number of thiophene rings is 1. The van der Waals surface area contributed by atoms with Crippen molar-refractivity contribution in [2.45, 2.75) is 6.54 Å². The molecule has 3 rings (SSSR count).